The molecule has 1 fully saturated rings. The molecule has 0 bridgehead atoms. The summed E-state index contributed by atoms with van der Waals surface area (Å²) in [6.45, 7) is 0. The van der Waals surface area contributed by atoms with Gasteiger partial charge in [0.2, 0.25) is 0 Å². The van der Waals surface area contributed by atoms with Crippen LogP contribution in [-0.4, -0.2) is 16.0 Å². The van der Waals surface area contributed by atoms with Crippen LogP contribution in [0.2, 0.25) is 5.02 Å². The van der Waals surface area contributed by atoms with Crippen molar-refractivity contribution >= 4 is 23.1 Å². The van der Waals surface area contributed by atoms with Gasteiger partial charge in [0.05, 0.1) is 5.69 Å². The first-order valence-electron chi connectivity index (χ1n) is 5.87. The van der Waals surface area contributed by atoms with Crippen LogP contribution >= 0.6 is 11.6 Å². The van der Waals surface area contributed by atoms with Crippen molar-refractivity contribution in [2.45, 2.75) is 18.9 Å². The molecule has 0 radical (unpaired) electrons. The summed E-state index contributed by atoms with van der Waals surface area (Å²) in [5.74, 6) is 0.720. The maximum atomic E-state index is 6.11. The van der Waals surface area contributed by atoms with Crippen LogP contribution in [0.15, 0.2) is 30.6 Å². The van der Waals surface area contributed by atoms with E-state index < -0.39 is 0 Å². The molecule has 18 heavy (non-hydrogen) atoms. The smallest absolute Gasteiger partial charge is 0.153 e. The SMILES string of the molecule is Nc1c(NC2CC2)ncnc1-c1ccc(Cl)cc1. The zero-order valence-electron chi connectivity index (χ0n) is 9.73. The predicted molar refractivity (Wildman–Crippen MR) is 73.5 cm³/mol. The highest BCUT2D eigenvalue weighted by atomic mass is 35.5. The van der Waals surface area contributed by atoms with Crippen LogP contribution in [0, 0.1) is 0 Å². The van der Waals surface area contributed by atoms with Gasteiger partial charge in [0.15, 0.2) is 5.82 Å². The monoisotopic (exact) mass is 260 g/mol. The van der Waals surface area contributed by atoms with E-state index in [0.29, 0.717) is 16.8 Å². The van der Waals surface area contributed by atoms with E-state index in [9.17, 15) is 0 Å². The third-order valence-corrected chi connectivity index (χ3v) is 3.17. The molecule has 4 nitrogen and oxygen atoms in total. The molecular formula is C13H13ClN4. The second-order valence-electron chi connectivity index (χ2n) is 4.41. The van der Waals surface area contributed by atoms with Crippen LogP contribution in [0.1, 0.15) is 12.8 Å². The molecule has 0 unspecified atom stereocenters. The van der Waals surface area contributed by atoms with Gasteiger partial charge in [0.1, 0.15) is 12.0 Å². The minimum atomic E-state index is 0.514. The molecule has 1 aromatic carbocycles. The minimum absolute atomic E-state index is 0.514. The number of hydrogen-bond acceptors (Lipinski definition) is 4. The highest BCUT2D eigenvalue weighted by Crippen LogP contribution is 2.32. The number of nitrogens with zero attached hydrogens (tertiary/aromatic N) is 2. The minimum Gasteiger partial charge on any atom is -0.394 e. The molecule has 3 rings (SSSR count). The summed E-state index contributed by atoms with van der Waals surface area (Å²) in [5, 5.41) is 4.00. The van der Waals surface area contributed by atoms with Gasteiger partial charge in [-0.05, 0) is 25.0 Å². The summed E-state index contributed by atoms with van der Waals surface area (Å²) in [6.07, 6.45) is 3.89. The fourth-order valence-corrected chi connectivity index (χ4v) is 1.90. The largest absolute Gasteiger partial charge is 0.394 e. The Bertz CT molecular complexity index is 564. The van der Waals surface area contributed by atoms with E-state index in [0.717, 1.165) is 17.1 Å². The molecular weight excluding hydrogens is 248 g/mol. The van der Waals surface area contributed by atoms with Gasteiger partial charge in [-0.15, -0.1) is 0 Å². The lowest BCUT2D eigenvalue weighted by molar-refractivity contribution is 1.09. The maximum Gasteiger partial charge on any atom is 0.153 e. The van der Waals surface area contributed by atoms with Gasteiger partial charge in [-0.1, -0.05) is 23.7 Å². The molecule has 1 aliphatic rings. The molecule has 0 atom stereocenters. The normalized spacial score (nSPS) is 14.5. The summed E-state index contributed by atoms with van der Waals surface area (Å²) >= 11 is 5.87. The van der Waals surface area contributed by atoms with Crippen molar-refractivity contribution < 1.29 is 0 Å². The van der Waals surface area contributed by atoms with E-state index in [4.69, 9.17) is 17.3 Å². The molecule has 92 valence electrons. The number of halogens is 1. The molecule has 0 amide bonds. The van der Waals surface area contributed by atoms with Gasteiger partial charge >= 0.3 is 0 Å². The average Bonchev–Trinajstić information content (AvgIpc) is 3.17. The van der Waals surface area contributed by atoms with Crippen molar-refractivity contribution in [3.63, 3.8) is 0 Å². The second-order valence-corrected chi connectivity index (χ2v) is 4.85. The van der Waals surface area contributed by atoms with E-state index in [1.165, 1.54) is 19.2 Å². The molecule has 5 heteroatoms. The third-order valence-electron chi connectivity index (χ3n) is 2.92. The standard InChI is InChI=1S/C13H13ClN4/c14-9-3-1-8(2-4-9)12-11(15)13(17-7-16-12)18-10-5-6-10/h1-4,7,10H,5-6,15H2,(H,16,17,18). The van der Waals surface area contributed by atoms with Crippen LogP contribution in [0.5, 0.6) is 0 Å². The van der Waals surface area contributed by atoms with Gasteiger partial charge in [-0.25, -0.2) is 9.97 Å². The third kappa shape index (κ3) is 2.24. The predicted octanol–water partition coefficient (Wildman–Crippen LogP) is 2.95. The summed E-state index contributed by atoms with van der Waals surface area (Å²) in [5.41, 5.74) is 8.38. The number of aromatic nitrogens is 2. The van der Waals surface area contributed by atoms with Crippen molar-refractivity contribution in [1.82, 2.24) is 9.97 Å². The van der Waals surface area contributed by atoms with Gasteiger partial charge in [-0.3, -0.25) is 0 Å². The summed E-state index contributed by atoms with van der Waals surface area (Å²) in [4.78, 5) is 8.44. The van der Waals surface area contributed by atoms with Crippen LogP contribution in [0.3, 0.4) is 0 Å². The fraction of sp³-hybridized carbons (Fsp3) is 0.231. The molecule has 1 saturated carbocycles. The molecule has 0 spiro atoms. The van der Waals surface area contributed by atoms with Crippen molar-refractivity contribution in [2.75, 3.05) is 11.1 Å². The lowest BCUT2D eigenvalue weighted by Gasteiger charge is -2.10. The van der Waals surface area contributed by atoms with E-state index in [1.54, 1.807) is 0 Å². The van der Waals surface area contributed by atoms with Gasteiger partial charge in [0, 0.05) is 16.6 Å². The average molecular weight is 261 g/mol. The number of nitrogens with one attached hydrogen (secondary N) is 1. The highest BCUT2D eigenvalue weighted by Gasteiger charge is 2.23. The van der Waals surface area contributed by atoms with Crippen LogP contribution in [0.4, 0.5) is 11.5 Å². The van der Waals surface area contributed by atoms with Crippen molar-refractivity contribution in [1.29, 1.82) is 0 Å². The molecule has 2 aromatic rings. The number of nitrogen functional groups attached to an aromatic ring is 1. The molecule has 1 aliphatic carbocycles. The first-order chi connectivity index (χ1) is 8.74. The Morgan fingerprint density at radius 2 is 1.89 bits per heavy atom. The zero-order chi connectivity index (χ0) is 12.5. The number of rotatable bonds is 3. The first-order valence-corrected chi connectivity index (χ1v) is 6.25. The molecule has 1 aromatic heterocycles. The Hall–Kier alpha value is -1.81. The Morgan fingerprint density at radius 1 is 1.17 bits per heavy atom. The molecule has 0 saturated heterocycles. The van der Waals surface area contributed by atoms with Crippen LogP contribution < -0.4 is 11.1 Å². The quantitative estimate of drug-likeness (QED) is 0.891. The number of benzene rings is 1. The Labute approximate surface area is 110 Å². The zero-order valence-corrected chi connectivity index (χ0v) is 10.5. The fourth-order valence-electron chi connectivity index (χ4n) is 1.77. The Kier molecular flexibility index (Phi) is 2.80. The lowest BCUT2D eigenvalue weighted by Crippen LogP contribution is -2.08. The topological polar surface area (TPSA) is 63.8 Å². The van der Waals surface area contributed by atoms with Gasteiger partial charge in [-0.2, -0.15) is 0 Å². The molecule has 3 N–H and O–H groups in total. The number of anilines is 2. The van der Waals surface area contributed by atoms with E-state index in [2.05, 4.69) is 15.3 Å². The molecule has 0 aliphatic heterocycles. The van der Waals surface area contributed by atoms with E-state index >= 15 is 0 Å². The molecule has 1 heterocycles. The highest BCUT2D eigenvalue weighted by molar-refractivity contribution is 6.30. The summed E-state index contributed by atoms with van der Waals surface area (Å²) in [7, 11) is 0. The van der Waals surface area contributed by atoms with Crippen molar-refractivity contribution in [3.8, 4) is 11.3 Å². The van der Waals surface area contributed by atoms with E-state index in [-0.39, 0.29) is 0 Å². The van der Waals surface area contributed by atoms with Gasteiger partial charge in [0.25, 0.3) is 0 Å². The van der Waals surface area contributed by atoms with Crippen LogP contribution in [-0.2, 0) is 0 Å². The second kappa shape index (κ2) is 4.46. The van der Waals surface area contributed by atoms with Gasteiger partial charge < -0.3 is 11.1 Å². The Morgan fingerprint density at radius 3 is 2.56 bits per heavy atom. The van der Waals surface area contributed by atoms with Crippen LogP contribution in [0.25, 0.3) is 11.3 Å². The number of nitrogens with two attached hydrogens (primary N) is 1. The van der Waals surface area contributed by atoms with Crippen molar-refractivity contribution in [3.05, 3.63) is 35.6 Å². The maximum absolute atomic E-state index is 6.11. The summed E-state index contributed by atoms with van der Waals surface area (Å²) in [6, 6.07) is 7.98. The number of hydrogen-bond donors (Lipinski definition) is 2. The summed E-state index contributed by atoms with van der Waals surface area (Å²) < 4.78 is 0. The first kappa shape index (κ1) is 11.3. The lowest BCUT2D eigenvalue weighted by atomic mass is 10.1. The Balaban J connectivity index is 1.97. The van der Waals surface area contributed by atoms with Crippen molar-refractivity contribution in [2.24, 2.45) is 0 Å². The van der Waals surface area contributed by atoms with E-state index in [1.807, 2.05) is 24.3 Å².